The highest BCUT2D eigenvalue weighted by Gasteiger charge is 2.27. The lowest BCUT2D eigenvalue weighted by atomic mass is 9.83. The van der Waals surface area contributed by atoms with Crippen LogP contribution in [0.5, 0.6) is 0 Å². The molecule has 1 rings (SSSR count). The molecule has 0 aliphatic rings. The summed E-state index contributed by atoms with van der Waals surface area (Å²) in [6.45, 7) is 14.3. The van der Waals surface area contributed by atoms with Gasteiger partial charge in [0.05, 0.1) is 11.7 Å². The SMILES string of the molecule is CCCNC(c1ncc(C)cc1C)C(C)(C)C. The van der Waals surface area contributed by atoms with Crippen molar-refractivity contribution in [2.24, 2.45) is 5.41 Å². The summed E-state index contributed by atoms with van der Waals surface area (Å²) in [5, 5.41) is 3.62. The van der Waals surface area contributed by atoms with Gasteiger partial charge < -0.3 is 5.32 Å². The standard InChI is InChI=1S/C15H26N2/c1-7-8-16-14(15(4,5)6)13-12(3)9-11(2)10-17-13/h9-10,14,16H,7-8H2,1-6H3. The normalized spacial score (nSPS) is 13.8. The van der Waals surface area contributed by atoms with Crippen LogP contribution in [0.1, 0.15) is 57.0 Å². The van der Waals surface area contributed by atoms with E-state index < -0.39 is 0 Å². The molecule has 2 heteroatoms. The molecule has 0 bridgehead atoms. The lowest BCUT2D eigenvalue weighted by Gasteiger charge is -2.32. The monoisotopic (exact) mass is 234 g/mol. The number of hydrogen-bond donors (Lipinski definition) is 1. The van der Waals surface area contributed by atoms with Crippen molar-refractivity contribution < 1.29 is 0 Å². The maximum absolute atomic E-state index is 4.64. The van der Waals surface area contributed by atoms with E-state index in [0.29, 0.717) is 6.04 Å². The van der Waals surface area contributed by atoms with Crippen molar-refractivity contribution in [3.63, 3.8) is 0 Å². The largest absolute Gasteiger partial charge is 0.308 e. The minimum Gasteiger partial charge on any atom is -0.308 e. The second-order valence-corrected chi connectivity index (χ2v) is 5.97. The van der Waals surface area contributed by atoms with E-state index in [1.165, 1.54) is 16.8 Å². The molecule has 0 aliphatic heterocycles. The Morgan fingerprint density at radius 3 is 2.41 bits per heavy atom. The number of aryl methyl sites for hydroxylation is 2. The van der Waals surface area contributed by atoms with Gasteiger partial charge in [-0.25, -0.2) is 0 Å². The molecule has 0 saturated heterocycles. The number of pyridine rings is 1. The number of hydrogen-bond acceptors (Lipinski definition) is 2. The Balaban J connectivity index is 3.04. The van der Waals surface area contributed by atoms with Gasteiger partial charge in [-0.3, -0.25) is 4.98 Å². The van der Waals surface area contributed by atoms with Crippen molar-refractivity contribution >= 4 is 0 Å². The van der Waals surface area contributed by atoms with Crippen molar-refractivity contribution in [2.75, 3.05) is 6.54 Å². The van der Waals surface area contributed by atoms with Crippen LogP contribution in [0.2, 0.25) is 0 Å². The molecule has 1 atom stereocenters. The van der Waals surface area contributed by atoms with Crippen LogP contribution in [0, 0.1) is 19.3 Å². The zero-order valence-corrected chi connectivity index (χ0v) is 12.1. The Kier molecular flexibility index (Phi) is 4.70. The molecular formula is C15H26N2. The van der Waals surface area contributed by atoms with E-state index in [-0.39, 0.29) is 5.41 Å². The summed E-state index contributed by atoms with van der Waals surface area (Å²) in [7, 11) is 0. The van der Waals surface area contributed by atoms with Gasteiger partial charge in [-0.2, -0.15) is 0 Å². The summed E-state index contributed by atoms with van der Waals surface area (Å²) >= 11 is 0. The smallest absolute Gasteiger partial charge is 0.0607 e. The third-order valence-electron chi connectivity index (χ3n) is 2.99. The maximum Gasteiger partial charge on any atom is 0.0607 e. The van der Waals surface area contributed by atoms with Crippen molar-refractivity contribution in [3.8, 4) is 0 Å². The van der Waals surface area contributed by atoms with Gasteiger partial charge in [0.2, 0.25) is 0 Å². The second kappa shape index (κ2) is 5.63. The first-order chi connectivity index (χ1) is 7.86. The highest BCUT2D eigenvalue weighted by atomic mass is 15.0. The fourth-order valence-corrected chi connectivity index (χ4v) is 2.13. The van der Waals surface area contributed by atoms with Gasteiger partial charge in [-0.05, 0) is 43.4 Å². The first-order valence-corrected chi connectivity index (χ1v) is 6.52. The van der Waals surface area contributed by atoms with Crippen LogP contribution in [-0.4, -0.2) is 11.5 Å². The van der Waals surface area contributed by atoms with E-state index in [1.807, 2.05) is 6.20 Å². The Labute approximate surface area is 106 Å². The van der Waals surface area contributed by atoms with Crippen molar-refractivity contribution in [3.05, 3.63) is 29.1 Å². The van der Waals surface area contributed by atoms with Crippen LogP contribution in [0.15, 0.2) is 12.3 Å². The Bertz CT molecular complexity index is 364. The van der Waals surface area contributed by atoms with Crippen LogP contribution >= 0.6 is 0 Å². The van der Waals surface area contributed by atoms with E-state index in [0.717, 1.165) is 13.0 Å². The minimum absolute atomic E-state index is 0.183. The number of nitrogens with one attached hydrogen (secondary N) is 1. The lowest BCUT2D eigenvalue weighted by molar-refractivity contribution is 0.267. The number of rotatable bonds is 4. The molecule has 0 aromatic carbocycles. The van der Waals surface area contributed by atoms with E-state index in [9.17, 15) is 0 Å². The Hall–Kier alpha value is -0.890. The van der Waals surface area contributed by atoms with Gasteiger partial charge in [-0.15, -0.1) is 0 Å². The van der Waals surface area contributed by atoms with E-state index >= 15 is 0 Å². The lowest BCUT2D eigenvalue weighted by Crippen LogP contribution is -2.34. The fourth-order valence-electron chi connectivity index (χ4n) is 2.13. The molecule has 0 fully saturated rings. The van der Waals surface area contributed by atoms with E-state index in [1.54, 1.807) is 0 Å². The van der Waals surface area contributed by atoms with Gasteiger partial charge in [-0.1, -0.05) is 33.8 Å². The topological polar surface area (TPSA) is 24.9 Å². The summed E-state index contributed by atoms with van der Waals surface area (Å²) in [4.78, 5) is 4.64. The molecule has 1 aromatic heterocycles. The number of nitrogens with zero attached hydrogens (tertiary/aromatic N) is 1. The molecule has 0 saturated carbocycles. The number of aromatic nitrogens is 1. The van der Waals surface area contributed by atoms with Crippen molar-refractivity contribution in [1.29, 1.82) is 0 Å². The summed E-state index contributed by atoms with van der Waals surface area (Å²) in [5.41, 5.74) is 3.89. The van der Waals surface area contributed by atoms with Crippen LogP contribution in [-0.2, 0) is 0 Å². The molecule has 1 N–H and O–H groups in total. The molecule has 96 valence electrons. The molecule has 0 amide bonds. The average Bonchev–Trinajstić information content (AvgIpc) is 2.19. The summed E-state index contributed by atoms with van der Waals surface area (Å²) < 4.78 is 0. The summed E-state index contributed by atoms with van der Waals surface area (Å²) in [6.07, 6.45) is 3.12. The maximum atomic E-state index is 4.64. The van der Waals surface area contributed by atoms with Crippen LogP contribution < -0.4 is 5.32 Å². The van der Waals surface area contributed by atoms with Gasteiger partial charge in [0.15, 0.2) is 0 Å². The second-order valence-electron chi connectivity index (χ2n) is 5.97. The first-order valence-electron chi connectivity index (χ1n) is 6.52. The summed E-state index contributed by atoms with van der Waals surface area (Å²) in [5.74, 6) is 0. The van der Waals surface area contributed by atoms with Crippen LogP contribution in [0.25, 0.3) is 0 Å². The fraction of sp³-hybridized carbons (Fsp3) is 0.667. The zero-order chi connectivity index (χ0) is 13.1. The third kappa shape index (κ3) is 3.81. The average molecular weight is 234 g/mol. The first kappa shape index (κ1) is 14.2. The Morgan fingerprint density at radius 2 is 1.94 bits per heavy atom. The molecule has 17 heavy (non-hydrogen) atoms. The van der Waals surface area contributed by atoms with E-state index in [2.05, 4.69) is 57.9 Å². The molecule has 1 unspecified atom stereocenters. The molecule has 1 heterocycles. The molecule has 1 aromatic rings. The minimum atomic E-state index is 0.183. The van der Waals surface area contributed by atoms with Crippen LogP contribution in [0.4, 0.5) is 0 Å². The molecular weight excluding hydrogens is 208 g/mol. The molecule has 0 aliphatic carbocycles. The quantitative estimate of drug-likeness (QED) is 0.857. The molecule has 0 spiro atoms. The highest BCUT2D eigenvalue weighted by Crippen LogP contribution is 2.33. The van der Waals surface area contributed by atoms with Crippen LogP contribution in [0.3, 0.4) is 0 Å². The van der Waals surface area contributed by atoms with Crippen molar-refractivity contribution in [1.82, 2.24) is 10.3 Å². The zero-order valence-electron chi connectivity index (χ0n) is 12.1. The molecule has 0 radical (unpaired) electrons. The predicted octanol–water partition coefficient (Wildman–Crippen LogP) is 3.79. The molecule has 2 nitrogen and oxygen atoms in total. The third-order valence-corrected chi connectivity index (χ3v) is 2.99. The van der Waals surface area contributed by atoms with Crippen molar-refractivity contribution in [2.45, 2.75) is 54.0 Å². The van der Waals surface area contributed by atoms with Gasteiger partial charge in [0.25, 0.3) is 0 Å². The van der Waals surface area contributed by atoms with Gasteiger partial charge in [0.1, 0.15) is 0 Å². The Morgan fingerprint density at radius 1 is 1.29 bits per heavy atom. The predicted molar refractivity (Wildman–Crippen MR) is 74.2 cm³/mol. The summed E-state index contributed by atoms with van der Waals surface area (Å²) in [6, 6.07) is 2.54. The van der Waals surface area contributed by atoms with Gasteiger partial charge >= 0.3 is 0 Å². The van der Waals surface area contributed by atoms with Gasteiger partial charge in [0, 0.05) is 6.20 Å². The highest BCUT2D eigenvalue weighted by molar-refractivity contribution is 5.26. The van der Waals surface area contributed by atoms with E-state index in [4.69, 9.17) is 0 Å².